The first kappa shape index (κ1) is 23.1. The molecule has 0 aliphatic carbocycles. The molecule has 0 aliphatic heterocycles. The number of guanidine groups is 1. The van der Waals surface area contributed by atoms with Gasteiger partial charge in [0, 0.05) is 5.33 Å². The van der Waals surface area contributed by atoms with Crippen molar-refractivity contribution in [3.8, 4) is 0 Å². The lowest BCUT2D eigenvalue weighted by molar-refractivity contribution is -0.187. The second-order valence-corrected chi connectivity index (χ2v) is 8.54. The molecular weight excluding hydrogens is 414 g/mol. The van der Waals surface area contributed by atoms with Crippen LogP contribution in [0.5, 0.6) is 0 Å². The molecule has 2 amide bonds. The third kappa shape index (κ3) is 8.09. The minimum Gasteiger partial charge on any atom is -0.443 e. The summed E-state index contributed by atoms with van der Waals surface area (Å²) in [5.74, 6) is -0.418. The zero-order chi connectivity index (χ0) is 20.8. The summed E-state index contributed by atoms with van der Waals surface area (Å²) in [6.45, 7) is 10.5. The first-order valence-corrected chi connectivity index (χ1v) is 9.65. The van der Waals surface area contributed by atoms with Crippen molar-refractivity contribution < 1.29 is 19.2 Å². The normalized spacial score (nSPS) is 11.7. The highest BCUT2D eigenvalue weighted by atomic mass is 79.9. The summed E-state index contributed by atoms with van der Waals surface area (Å²) < 4.78 is 5.40. The standard InChI is InChI=1S/C19H28BrN3O4/c1-18(2,3)26-17(25)22(12-15-9-7-14(11-20)8-10-15)16(21)23(13-24)27-19(4,5)6/h7-10,13,21H,11-12H2,1-6H3. The predicted octanol–water partition coefficient (Wildman–Crippen LogP) is 4.44. The Bertz CT molecular complexity index is 663. The van der Waals surface area contributed by atoms with Crippen LogP contribution in [0.3, 0.4) is 0 Å². The minimum absolute atomic E-state index is 0.0636. The molecule has 0 aromatic heterocycles. The molecule has 0 saturated carbocycles. The fourth-order valence-electron chi connectivity index (χ4n) is 1.99. The molecule has 0 bridgehead atoms. The Labute approximate surface area is 169 Å². The Morgan fingerprint density at radius 3 is 2.00 bits per heavy atom. The van der Waals surface area contributed by atoms with Crippen LogP contribution in [0.4, 0.5) is 4.79 Å². The molecular formula is C19H28BrN3O4. The fraction of sp³-hybridized carbons (Fsp3) is 0.526. The van der Waals surface area contributed by atoms with Gasteiger partial charge in [-0.2, -0.15) is 5.06 Å². The summed E-state index contributed by atoms with van der Waals surface area (Å²) >= 11 is 3.39. The number of hydroxylamine groups is 2. The number of carbonyl (C=O) groups is 2. The van der Waals surface area contributed by atoms with Crippen LogP contribution in [0.2, 0.25) is 0 Å². The van der Waals surface area contributed by atoms with Gasteiger partial charge in [0.15, 0.2) is 0 Å². The van der Waals surface area contributed by atoms with Crippen LogP contribution in [-0.2, 0) is 26.2 Å². The number of amides is 2. The van der Waals surface area contributed by atoms with E-state index < -0.39 is 23.3 Å². The summed E-state index contributed by atoms with van der Waals surface area (Å²) in [5, 5.41) is 9.79. The molecule has 0 unspecified atom stereocenters. The number of nitrogens with one attached hydrogen (secondary N) is 1. The van der Waals surface area contributed by atoms with E-state index in [1.54, 1.807) is 41.5 Å². The van der Waals surface area contributed by atoms with E-state index in [-0.39, 0.29) is 6.54 Å². The quantitative estimate of drug-likeness (QED) is 0.240. The van der Waals surface area contributed by atoms with Crippen LogP contribution in [0.15, 0.2) is 24.3 Å². The van der Waals surface area contributed by atoms with Gasteiger partial charge in [-0.25, -0.2) is 9.69 Å². The van der Waals surface area contributed by atoms with Gasteiger partial charge < -0.3 is 4.74 Å². The highest BCUT2D eigenvalue weighted by Crippen LogP contribution is 2.17. The van der Waals surface area contributed by atoms with Gasteiger partial charge in [0.05, 0.1) is 12.1 Å². The van der Waals surface area contributed by atoms with E-state index in [1.165, 1.54) is 0 Å². The first-order chi connectivity index (χ1) is 12.4. The van der Waals surface area contributed by atoms with Crippen molar-refractivity contribution in [1.29, 1.82) is 5.41 Å². The SMILES string of the molecule is CC(C)(C)OC(=O)N(Cc1ccc(CBr)cc1)C(=N)N(C=O)OC(C)(C)C. The van der Waals surface area contributed by atoms with Gasteiger partial charge in [0.2, 0.25) is 12.4 Å². The molecule has 1 aromatic carbocycles. The summed E-state index contributed by atoms with van der Waals surface area (Å²) in [7, 11) is 0. The lowest BCUT2D eigenvalue weighted by atomic mass is 10.1. The molecule has 150 valence electrons. The maximum Gasteiger partial charge on any atom is 0.417 e. The molecule has 1 rings (SSSR count). The Morgan fingerprint density at radius 1 is 1.07 bits per heavy atom. The summed E-state index contributed by atoms with van der Waals surface area (Å²) in [6.07, 6.45) is -0.375. The van der Waals surface area contributed by atoms with E-state index >= 15 is 0 Å². The molecule has 0 radical (unpaired) electrons. The van der Waals surface area contributed by atoms with E-state index in [9.17, 15) is 9.59 Å². The van der Waals surface area contributed by atoms with Crippen LogP contribution in [0.1, 0.15) is 52.7 Å². The molecule has 27 heavy (non-hydrogen) atoms. The lowest BCUT2D eigenvalue weighted by Crippen LogP contribution is -2.49. The number of ether oxygens (including phenoxy) is 1. The van der Waals surface area contributed by atoms with Gasteiger partial charge in [0.25, 0.3) is 0 Å². The number of carbonyl (C=O) groups excluding carboxylic acids is 2. The second kappa shape index (κ2) is 9.32. The van der Waals surface area contributed by atoms with E-state index in [4.69, 9.17) is 15.0 Å². The first-order valence-electron chi connectivity index (χ1n) is 8.53. The zero-order valence-electron chi connectivity index (χ0n) is 16.7. The van der Waals surface area contributed by atoms with Crippen LogP contribution >= 0.6 is 15.9 Å². The number of alkyl halides is 1. The van der Waals surface area contributed by atoms with Gasteiger partial charge in [-0.05, 0) is 52.7 Å². The van der Waals surface area contributed by atoms with E-state index in [0.717, 1.165) is 26.4 Å². The highest BCUT2D eigenvalue weighted by Gasteiger charge is 2.30. The summed E-state index contributed by atoms with van der Waals surface area (Å²) in [4.78, 5) is 30.7. The van der Waals surface area contributed by atoms with Crippen molar-refractivity contribution in [1.82, 2.24) is 9.96 Å². The topological polar surface area (TPSA) is 82.9 Å². The van der Waals surface area contributed by atoms with Crippen molar-refractivity contribution >= 4 is 34.4 Å². The van der Waals surface area contributed by atoms with Crippen LogP contribution in [-0.4, -0.2) is 39.6 Å². The smallest absolute Gasteiger partial charge is 0.417 e. The summed E-state index contributed by atoms with van der Waals surface area (Å²) in [5.41, 5.74) is 0.413. The van der Waals surface area contributed by atoms with Crippen molar-refractivity contribution in [2.24, 2.45) is 0 Å². The van der Waals surface area contributed by atoms with Crippen LogP contribution < -0.4 is 0 Å². The average Bonchev–Trinajstić information content (AvgIpc) is 2.55. The second-order valence-electron chi connectivity index (χ2n) is 7.98. The molecule has 0 saturated heterocycles. The number of hydrogen-bond donors (Lipinski definition) is 1. The number of halogens is 1. The molecule has 0 aliphatic rings. The molecule has 0 heterocycles. The Hall–Kier alpha value is -1.93. The average molecular weight is 442 g/mol. The maximum atomic E-state index is 12.7. The largest absolute Gasteiger partial charge is 0.443 e. The molecule has 7 nitrogen and oxygen atoms in total. The predicted molar refractivity (Wildman–Crippen MR) is 107 cm³/mol. The molecule has 0 atom stereocenters. The van der Waals surface area contributed by atoms with Gasteiger partial charge in [-0.1, -0.05) is 40.2 Å². The molecule has 1 N–H and O–H groups in total. The number of rotatable bonds is 5. The van der Waals surface area contributed by atoms with Gasteiger partial charge in [-0.15, -0.1) is 0 Å². The van der Waals surface area contributed by atoms with Gasteiger partial charge >= 0.3 is 6.09 Å². The zero-order valence-corrected chi connectivity index (χ0v) is 18.3. The van der Waals surface area contributed by atoms with E-state index in [2.05, 4.69) is 15.9 Å². The third-order valence-corrected chi connectivity index (χ3v) is 3.71. The Kier molecular flexibility index (Phi) is 7.98. The van der Waals surface area contributed by atoms with Gasteiger partial charge in [0.1, 0.15) is 5.60 Å². The monoisotopic (exact) mass is 441 g/mol. The Balaban J connectivity index is 3.13. The molecule has 0 spiro atoms. The van der Waals surface area contributed by atoms with Crippen molar-refractivity contribution in [3.05, 3.63) is 35.4 Å². The van der Waals surface area contributed by atoms with Crippen LogP contribution in [0.25, 0.3) is 0 Å². The van der Waals surface area contributed by atoms with Crippen molar-refractivity contribution in [2.75, 3.05) is 0 Å². The summed E-state index contributed by atoms with van der Waals surface area (Å²) in [6, 6.07) is 7.56. The van der Waals surface area contributed by atoms with Gasteiger partial charge in [-0.3, -0.25) is 15.0 Å². The van der Waals surface area contributed by atoms with Crippen molar-refractivity contribution in [2.45, 2.75) is 64.6 Å². The third-order valence-electron chi connectivity index (χ3n) is 3.06. The maximum absolute atomic E-state index is 12.7. The molecule has 0 fully saturated rings. The Morgan fingerprint density at radius 2 is 1.59 bits per heavy atom. The van der Waals surface area contributed by atoms with Crippen molar-refractivity contribution in [3.63, 3.8) is 0 Å². The lowest BCUT2D eigenvalue weighted by Gasteiger charge is -2.32. The van der Waals surface area contributed by atoms with Crippen LogP contribution in [0, 0.1) is 5.41 Å². The number of benzene rings is 1. The minimum atomic E-state index is -0.744. The molecule has 1 aromatic rings. The molecule has 8 heteroatoms. The number of nitrogens with zero attached hydrogens (tertiary/aromatic N) is 2. The highest BCUT2D eigenvalue weighted by molar-refractivity contribution is 9.08. The van der Waals surface area contributed by atoms with E-state index in [0.29, 0.717) is 6.41 Å². The fourth-order valence-corrected chi connectivity index (χ4v) is 2.36. The van der Waals surface area contributed by atoms with E-state index in [1.807, 2.05) is 24.3 Å². The number of hydrogen-bond acceptors (Lipinski definition) is 5.